The van der Waals surface area contributed by atoms with Crippen LogP contribution in [0.2, 0.25) is 0 Å². The molecule has 156 valence electrons. The van der Waals surface area contributed by atoms with Gasteiger partial charge in [0.25, 0.3) is 0 Å². The van der Waals surface area contributed by atoms with Crippen molar-refractivity contribution in [3.63, 3.8) is 0 Å². The number of phenols is 1. The monoisotopic (exact) mass is 395 g/mol. The first kappa shape index (κ1) is 21.2. The highest BCUT2D eigenvalue weighted by Crippen LogP contribution is 2.25. The average Bonchev–Trinajstić information content (AvgIpc) is 3.14. The number of fused-ring (bicyclic) bond motifs is 1. The van der Waals surface area contributed by atoms with Crippen LogP contribution < -0.4 is 4.74 Å². The van der Waals surface area contributed by atoms with Crippen LogP contribution in [0.25, 0.3) is 16.7 Å². The molecular formula is C24H33N3O2. The molecule has 2 aromatic carbocycles. The molecule has 0 aliphatic heterocycles. The van der Waals surface area contributed by atoms with Crippen LogP contribution in [0.3, 0.4) is 0 Å². The third-order valence-corrected chi connectivity index (χ3v) is 5.15. The van der Waals surface area contributed by atoms with E-state index in [1.165, 1.54) is 43.3 Å². The number of aromatic nitrogens is 3. The maximum absolute atomic E-state index is 10.5. The lowest BCUT2D eigenvalue weighted by atomic mass is 10.0. The summed E-state index contributed by atoms with van der Waals surface area (Å²) >= 11 is 0. The molecule has 3 rings (SSSR count). The summed E-state index contributed by atoms with van der Waals surface area (Å²) in [6.45, 7) is 5.01. The molecule has 0 aliphatic rings. The second-order valence-corrected chi connectivity index (χ2v) is 7.68. The molecule has 0 spiro atoms. The minimum Gasteiger partial charge on any atom is -0.506 e. The van der Waals surface area contributed by atoms with E-state index in [0.29, 0.717) is 12.3 Å². The van der Waals surface area contributed by atoms with Crippen molar-refractivity contribution in [1.82, 2.24) is 15.0 Å². The van der Waals surface area contributed by atoms with Crippen molar-refractivity contribution in [1.29, 1.82) is 0 Å². The first-order chi connectivity index (χ1) is 14.2. The standard InChI is InChI=1S/C24H33N3O2/c1-3-5-6-7-8-9-10-11-19-12-15-23(24(28)17-19)27-25-21-14-13-20(29-16-4-2)18-22(21)26-27/h12-15,17-18,28H,3-11,16H2,1-2H3. The van der Waals surface area contributed by atoms with Gasteiger partial charge in [-0.15, -0.1) is 15.0 Å². The molecule has 0 bridgehead atoms. The molecule has 1 N–H and O–H groups in total. The van der Waals surface area contributed by atoms with Crippen LogP contribution in [0, 0.1) is 0 Å². The van der Waals surface area contributed by atoms with Crippen LogP contribution in [0.5, 0.6) is 11.5 Å². The molecule has 29 heavy (non-hydrogen) atoms. The summed E-state index contributed by atoms with van der Waals surface area (Å²) in [7, 11) is 0. The van der Waals surface area contributed by atoms with Gasteiger partial charge in [0.2, 0.25) is 0 Å². The molecule has 0 unspecified atom stereocenters. The summed E-state index contributed by atoms with van der Waals surface area (Å²) in [6.07, 6.45) is 11.0. The number of aryl methyl sites for hydroxylation is 1. The fourth-order valence-corrected chi connectivity index (χ4v) is 3.49. The van der Waals surface area contributed by atoms with Crippen LogP contribution in [0.1, 0.15) is 70.8 Å². The maximum Gasteiger partial charge on any atom is 0.143 e. The number of phenolic OH excluding ortho intramolecular Hbond substituents is 1. The molecule has 5 nitrogen and oxygen atoms in total. The number of benzene rings is 2. The van der Waals surface area contributed by atoms with Crippen LogP contribution in [-0.2, 0) is 6.42 Å². The predicted molar refractivity (Wildman–Crippen MR) is 118 cm³/mol. The van der Waals surface area contributed by atoms with E-state index in [2.05, 4.69) is 30.1 Å². The average molecular weight is 396 g/mol. The van der Waals surface area contributed by atoms with E-state index in [-0.39, 0.29) is 5.75 Å². The Kier molecular flexibility index (Phi) is 7.91. The van der Waals surface area contributed by atoms with Crippen molar-refractivity contribution < 1.29 is 9.84 Å². The van der Waals surface area contributed by atoms with Gasteiger partial charge in [0.05, 0.1) is 6.61 Å². The number of aromatic hydroxyl groups is 1. The zero-order valence-corrected chi connectivity index (χ0v) is 17.7. The second-order valence-electron chi connectivity index (χ2n) is 7.68. The topological polar surface area (TPSA) is 60.2 Å². The van der Waals surface area contributed by atoms with E-state index in [9.17, 15) is 5.11 Å². The quantitative estimate of drug-likeness (QED) is 0.370. The minimum absolute atomic E-state index is 0.216. The highest BCUT2D eigenvalue weighted by atomic mass is 16.5. The van der Waals surface area contributed by atoms with Gasteiger partial charge in [0.1, 0.15) is 28.2 Å². The Hall–Kier alpha value is -2.56. The Morgan fingerprint density at radius 1 is 0.828 bits per heavy atom. The third-order valence-electron chi connectivity index (χ3n) is 5.15. The van der Waals surface area contributed by atoms with Gasteiger partial charge in [0.15, 0.2) is 0 Å². The maximum atomic E-state index is 10.5. The summed E-state index contributed by atoms with van der Waals surface area (Å²) in [5.41, 5.74) is 3.29. The fourth-order valence-electron chi connectivity index (χ4n) is 3.49. The summed E-state index contributed by atoms with van der Waals surface area (Å²) < 4.78 is 5.67. The Morgan fingerprint density at radius 2 is 1.59 bits per heavy atom. The van der Waals surface area contributed by atoms with Crippen LogP contribution in [0.15, 0.2) is 36.4 Å². The molecule has 5 heteroatoms. The number of ether oxygens (including phenoxy) is 1. The highest BCUT2D eigenvalue weighted by molar-refractivity contribution is 5.75. The van der Waals surface area contributed by atoms with E-state index in [1.807, 2.05) is 30.3 Å². The molecule has 0 amide bonds. The normalized spacial score (nSPS) is 11.2. The van der Waals surface area contributed by atoms with Gasteiger partial charge in [0, 0.05) is 6.07 Å². The van der Waals surface area contributed by atoms with Gasteiger partial charge in [-0.3, -0.25) is 0 Å². The molecule has 0 aliphatic carbocycles. The van der Waals surface area contributed by atoms with Crippen LogP contribution in [-0.4, -0.2) is 26.7 Å². The Morgan fingerprint density at radius 3 is 2.34 bits per heavy atom. The minimum atomic E-state index is 0.216. The van der Waals surface area contributed by atoms with Crippen molar-refractivity contribution in [3.05, 3.63) is 42.0 Å². The van der Waals surface area contributed by atoms with Crippen molar-refractivity contribution in [2.45, 2.75) is 71.6 Å². The number of nitrogens with zero attached hydrogens (tertiary/aromatic N) is 3. The molecule has 0 atom stereocenters. The second kappa shape index (κ2) is 10.8. The molecular weight excluding hydrogens is 362 g/mol. The first-order valence-electron chi connectivity index (χ1n) is 11.0. The van der Waals surface area contributed by atoms with Gasteiger partial charge in [-0.2, -0.15) is 0 Å². The van der Waals surface area contributed by atoms with E-state index in [1.54, 1.807) is 0 Å². The third kappa shape index (κ3) is 5.96. The van der Waals surface area contributed by atoms with Crippen LogP contribution in [0.4, 0.5) is 0 Å². The number of unbranched alkanes of at least 4 members (excludes halogenated alkanes) is 6. The van der Waals surface area contributed by atoms with E-state index in [4.69, 9.17) is 4.74 Å². The Bertz CT molecular complexity index is 904. The van der Waals surface area contributed by atoms with Crippen molar-refractivity contribution >= 4 is 11.0 Å². The number of hydrogen-bond acceptors (Lipinski definition) is 4. The summed E-state index contributed by atoms with van der Waals surface area (Å²) in [6, 6.07) is 11.5. The molecule has 1 aromatic heterocycles. The number of hydrogen-bond donors (Lipinski definition) is 1. The van der Waals surface area contributed by atoms with E-state index < -0.39 is 0 Å². The van der Waals surface area contributed by atoms with Gasteiger partial charge >= 0.3 is 0 Å². The Labute approximate surface area is 173 Å². The van der Waals surface area contributed by atoms with Gasteiger partial charge in [-0.25, -0.2) is 0 Å². The molecule has 0 saturated carbocycles. The summed E-state index contributed by atoms with van der Waals surface area (Å²) in [4.78, 5) is 1.50. The fraction of sp³-hybridized carbons (Fsp3) is 0.500. The lowest BCUT2D eigenvalue weighted by molar-refractivity contribution is 0.318. The van der Waals surface area contributed by atoms with E-state index in [0.717, 1.165) is 41.6 Å². The smallest absolute Gasteiger partial charge is 0.143 e. The zero-order chi connectivity index (χ0) is 20.5. The molecule has 0 radical (unpaired) electrons. The van der Waals surface area contributed by atoms with Gasteiger partial charge < -0.3 is 9.84 Å². The van der Waals surface area contributed by atoms with Crippen molar-refractivity contribution in [3.8, 4) is 17.2 Å². The molecule has 0 fully saturated rings. The van der Waals surface area contributed by atoms with Gasteiger partial charge in [-0.1, -0.05) is 58.4 Å². The lowest BCUT2D eigenvalue weighted by Gasteiger charge is -2.07. The van der Waals surface area contributed by atoms with Crippen LogP contribution >= 0.6 is 0 Å². The van der Waals surface area contributed by atoms with Crippen molar-refractivity contribution in [2.75, 3.05) is 6.61 Å². The SMILES string of the molecule is CCCCCCCCCc1ccc(-n2nc3ccc(OCCC)cc3n2)c(O)c1. The van der Waals surface area contributed by atoms with Crippen molar-refractivity contribution in [2.24, 2.45) is 0 Å². The number of rotatable bonds is 12. The van der Waals surface area contributed by atoms with Gasteiger partial charge in [-0.05, 0) is 49.1 Å². The largest absolute Gasteiger partial charge is 0.506 e. The first-order valence-corrected chi connectivity index (χ1v) is 11.0. The van der Waals surface area contributed by atoms with E-state index >= 15 is 0 Å². The zero-order valence-electron chi connectivity index (χ0n) is 17.7. The summed E-state index contributed by atoms with van der Waals surface area (Å²) in [5.74, 6) is 1.01. The summed E-state index contributed by atoms with van der Waals surface area (Å²) in [5, 5.41) is 19.5. The molecule has 1 heterocycles. The lowest BCUT2D eigenvalue weighted by Crippen LogP contribution is -1.99. The molecule has 3 aromatic rings. The Balaban J connectivity index is 1.61. The molecule has 0 saturated heterocycles. The highest BCUT2D eigenvalue weighted by Gasteiger charge is 2.10. The predicted octanol–water partition coefficient (Wildman–Crippen LogP) is 6.21.